The second-order valence-corrected chi connectivity index (χ2v) is 5.55. The van der Waals surface area contributed by atoms with E-state index in [0.29, 0.717) is 6.54 Å². The molecule has 0 spiro atoms. The Morgan fingerprint density at radius 2 is 2.05 bits per heavy atom. The highest BCUT2D eigenvalue weighted by atomic mass is 19.1. The van der Waals surface area contributed by atoms with Gasteiger partial charge >= 0.3 is 6.09 Å². The fourth-order valence-corrected chi connectivity index (χ4v) is 2.62. The van der Waals surface area contributed by atoms with Crippen molar-refractivity contribution < 1.29 is 19.0 Å². The number of fused-ring (bicyclic) bond motifs is 1. The van der Waals surface area contributed by atoms with E-state index in [0.717, 1.165) is 16.3 Å². The van der Waals surface area contributed by atoms with Gasteiger partial charge < -0.3 is 14.7 Å². The summed E-state index contributed by atoms with van der Waals surface area (Å²) in [5.74, 6) is 0. The molecule has 1 saturated heterocycles. The van der Waals surface area contributed by atoms with Gasteiger partial charge in [0.05, 0.1) is 12.6 Å². The molecule has 0 saturated carbocycles. The molecule has 4 nitrogen and oxygen atoms in total. The van der Waals surface area contributed by atoms with Crippen molar-refractivity contribution in [2.45, 2.75) is 25.3 Å². The van der Waals surface area contributed by atoms with E-state index in [1.54, 1.807) is 0 Å². The zero-order valence-electron chi connectivity index (χ0n) is 12.1. The summed E-state index contributed by atoms with van der Waals surface area (Å²) in [6.45, 7) is 0.357. The summed E-state index contributed by atoms with van der Waals surface area (Å²) in [6, 6.07) is 13.8. The smallest absolute Gasteiger partial charge is 0.410 e. The summed E-state index contributed by atoms with van der Waals surface area (Å²) in [5, 5.41) is 11.5. The highest BCUT2D eigenvalue weighted by molar-refractivity contribution is 5.83. The van der Waals surface area contributed by atoms with Crippen LogP contribution in [0.5, 0.6) is 0 Å². The van der Waals surface area contributed by atoms with Gasteiger partial charge in [0.2, 0.25) is 0 Å². The molecule has 2 aromatic carbocycles. The molecule has 1 aliphatic heterocycles. The number of aliphatic hydroxyl groups excluding tert-OH is 1. The molecule has 2 atom stereocenters. The van der Waals surface area contributed by atoms with Crippen molar-refractivity contribution in [3.8, 4) is 0 Å². The van der Waals surface area contributed by atoms with Gasteiger partial charge in [0.15, 0.2) is 0 Å². The van der Waals surface area contributed by atoms with Crippen LogP contribution in [0.25, 0.3) is 10.8 Å². The third kappa shape index (κ3) is 3.20. The van der Waals surface area contributed by atoms with Crippen molar-refractivity contribution >= 4 is 16.9 Å². The normalized spacial score (nSPS) is 21.8. The molecule has 22 heavy (non-hydrogen) atoms. The second-order valence-electron chi connectivity index (χ2n) is 5.55. The average Bonchev–Trinajstić information content (AvgIpc) is 2.55. The lowest BCUT2D eigenvalue weighted by atomic mass is 10.1. The Morgan fingerprint density at radius 1 is 1.27 bits per heavy atom. The maximum atomic E-state index is 13.4. The fraction of sp³-hybridized carbons (Fsp3) is 0.353. The van der Waals surface area contributed by atoms with Gasteiger partial charge in [-0.3, -0.25) is 0 Å². The Morgan fingerprint density at radius 3 is 2.82 bits per heavy atom. The van der Waals surface area contributed by atoms with Crippen LogP contribution in [0.15, 0.2) is 42.5 Å². The first kappa shape index (κ1) is 14.8. The number of hydrogen-bond donors (Lipinski definition) is 1. The van der Waals surface area contributed by atoms with Crippen molar-refractivity contribution in [2.75, 3.05) is 13.1 Å². The van der Waals surface area contributed by atoms with E-state index in [9.17, 15) is 14.3 Å². The molecular formula is C17H18FNO3. The summed E-state index contributed by atoms with van der Waals surface area (Å²) in [4.78, 5) is 13.2. The number of carbonyl (C=O) groups is 1. The minimum absolute atomic E-state index is 0.113. The molecule has 1 amide bonds. The summed E-state index contributed by atoms with van der Waals surface area (Å²) in [7, 11) is 0. The monoisotopic (exact) mass is 303 g/mol. The third-order valence-corrected chi connectivity index (χ3v) is 3.94. The highest BCUT2D eigenvalue weighted by Gasteiger charge is 2.30. The van der Waals surface area contributed by atoms with E-state index < -0.39 is 18.4 Å². The van der Waals surface area contributed by atoms with Crippen LogP contribution in [-0.2, 0) is 11.3 Å². The maximum absolute atomic E-state index is 13.4. The molecule has 116 valence electrons. The largest absolute Gasteiger partial charge is 0.445 e. The Labute approximate surface area is 128 Å². The van der Waals surface area contributed by atoms with E-state index in [1.165, 1.54) is 4.90 Å². The molecule has 1 heterocycles. The van der Waals surface area contributed by atoms with Crippen molar-refractivity contribution in [3.05, 3.63) is 48.0 Å². The van der Waals surface area contributed by atoms with Crippen molar-refractivity contribution in [3.63, 3.8) is 0 Å². The van der Waals surface area contributed by atoms with Gasteiger partial charge in [0.1, 0.15) is 12.8 Å². The van der Waals surface area contributed by atoms with E-state index in [-0.39, 0.29) is 19.6 Å². The number of nitrogens with zero attached hydrogens (tertiary/aromatic N) is 1. The van der Waals surface area contributed by atoms with Crippen molar-refractivity contribution in [1.82, 2.24) is 4.90 Å². The zero-order chi connectivity index (χ0) is 15.5. The van der Waals surface area contributed by atoms with Gasteiger partial charge in [0.25, 0.3) is 0 Å². The first-order chi connectivity index (χ1) is 10.6. The number of aliphatic hydroxyl groups is 1. The minimum Gasteiger partial charge on any atom is -0.445 e. The standard InChI is InChI=1S/C17H18FNO3/c18-15-10-19(8-7-16(15)20)17(21)22-11-12-5-6-13-3-1-2-4-14(13)9-12/h1-6,9,15-16,20H,7-8,10-11H2. The molecule has 1 N–H and O–H groups in total. The number of benzene rings is 2. The van der Waals surface area contributed by atoms with Gasteiger partial charge in [-0.15, -0.1) is 0 Å². The third-order valence-electron chi connectivity index (χ3n) is 3.94. The predicted octanol–water partition coefficient (Wildman–Crippen LogP) is 2.88. The SMILES string of the molecule is O=C(OCc1ccc2ccccc2c1)N1CCC(O)C(F)C1. The number of ether oxygens (including phenoxy) is 1. The van der Waals surface area contributed by atoms with Crippen LogP contribution in [-0.4, -0.2) is 41.5 Å². The van der Waals surface area contributed by atoms with E-state index in [4.69, 9.17) is 4.74 Å². The number of halogens is 1. The number of hydrogen-bond acceptors (Lipinski definition) is 3. The molecule has 0 radical (unpaired) electrons. The summed E-state index contributed by atoms with van der Waals surface area (Å²) >= 11 is 0. The minimum atomic E-state index is -1.40. The number of alkyl halides is 1. The molecule has 0 bridgehead atoms. The van der Waals surface area contributed by atoms with Crippen LogP contribution in [0.4, 0.5) is 9.18 Å². The lowest BCUT2D eigenvalue weighted by Gasteiger charge is -2.31. The second kappa shape index (κ2) is 6.32. The van der Waals surface area contributed by atoms with Crippen LogP contribution >= 0.6 is 0 Å². The van der Waals surface area contributed by atoms with Crippen molar-refractivity contribution in [1.29, 1.82) is 0 Å². The highest BCUT2D eigenvalue weighted by Crippen LogP contribution is 2.18. The Kier molecular flexibility index (Phi) is 4.24. The fourth-order valence-electron chi connectivity index (χ4n) is 2.62. The summed E-state index contributed by atoms with van der Waals surface area (Å²) < 4.78 is 18.7. The van der Waals surface area contributed by atoms with Gasteiger partial charge in [-0.25, -0.2) is 9.18 Å². The number of carbonyl (C=O) groups excluding carboxylic acids is 1. The van der Waals surface area contributed by atoms with Crippen LogP contribution in [0, 0.1) is 0 Å². The van der Waals surface area contributed by atoms with Crippen molar-refractivity contribution in [2.24, 2.45) is 0 Å². The van der Waals surface area contributed by atoms with Crippen LogP contribution in [0.3, 0.4) is 0 Å². The number of amides is 1. The molecule has 1 aliphatic rings. The molecule has 1 fully saturated rings. The molecule has 5 heteroatoms. The molecule has 3 rings (SSSR count). The maximum Gasteiger partial charge on any atom is 0.410 e. The number of rotatable bonds is 2. The first-order valence-electron chi connectivity index (χ1n) is 7.35. The van der Waals surface area contributed by atoms with Crippen LogP contribution in [0.2, 0.25) is 0 Å². The first-order valence-corrected chi connectivity index (χ1v) is 7.35. The summed E-state index contributed by atoms with van der Waals surface area (Å²) in [5.41, 5.74) is 0.890. The number of piperidine rings is 1. The Hall–Kier alpha value is -2.14. The van der Waals surface area contributed by atoms with Gasteiger partial charge in [-0.1, -0.05) is 36.4 Å². The molecule has 0 aliphatic carbocycles. The lowest BCUT2D eigenvalue weighted by Crippen LogP contribution is -2.47. The Bertz CT molecular complexity index is 676. The van der Waals surface area contributed by atoms with Gasteiger partial charge in [-0.2, -0.15) is 0 Å². The summed E-state index contributed by atoms with van der Waals surface area (Å²) in [6.07, 6.45) is -2.68. The predicted molar refractivity (Wildman–Crippen MR) is 81.2 cm³/mol. The topological polar surface area (TPSA) is 49.8 Å². The molecule has 2 aromatic rings. The molecular weight excluding hydrogens is 285 g/mol. The average molecular weight is 303 g/mol. The number of likely N-dealkylation sites (tertiary alicyclic amines) is 1. The van der Waals surface area contributed by atoms with E-state index in [2.05, 4.69) is 0 Å². The van der Waals surface area contributed by atoms with E-state index in [1.807, 2.05) is 42.5 Å². The lowest BCUT2D eigenvalue weighted by molar-refractivity contribution is 0.00255. The van der Waals surface area contributed by atoms with Gasteiger partial charge in [-0.05, 0) is 28.8 Å². The molecule has 2 unspecified atom stereocenters. The van der Waals surface area contributed by atoms with E-state index >= 15 is 0 Å². The molecule has 0 aromatic heterocycles. The van der Waals surface area contributed by atoms with Gasteiger partial charge in [0, 0.05) is 6.54 Å². The zero-order valence-corrected chi connectivity index (χ0v) is 12.1. The Balaban J connectivity index is 1.60. The van der Waals surface area contributed by atoms with Crippen LogP contribution in [0.1, 0.15) is 12.0 Å². The van der Waals surface area contributed by atoms with Crippen LogP contribution < -0.4 is 0 Å². The quantitative estimate of drug-likeness (QED) is 0.928.